The summed E-state index contributed by atoms with van der Waals surface area (Å²) in [7, 11) is 0. The van der Waals surface area contributed by atoms with Gasteiger partial charge in [-0.25, -0.2) is 0 Å². The summed E-state index contributed by atoms with van der Waals surface area (Å²) in [6.07, 6.45) is 10.8. The molecule has 0 radical (unpaired) electrons. The van der Waals surface area contributed by atoms with Crippen LogP contribution in [-0.4, -0.2) is 12.1 Å². The van der Waals surface area contributed by atoms with Gasteiger partial charge in [0.05, 0.1) is 0 Å². The van der Waals surface area contributed by atoms with Gasteiger partial charge in [-0.1, -0.05) is 12.2 Å². The molecule has 2 aliphatic rings. The van der Waals surface area contributed by atoms with E-state index in [1.807, 2.05) is 12.4 Å². The van der Waals surface area contributed by atoms with E-state index in [0.717, 1.165) is 0 Å². The van der Waals surface area contributed by atoms with Gasteiger partial charge in [0.1, 0.15) is 0 Å². The van der Waals surface area contributed by atoms with Crippen molar-refractivity contribution < 1.29 is 0 Å². The van der Waals surface area contributed by atoms with E-state index >= 15 is 0 Å². The van der Waals surface area contributed by atoms with E-state index in [9.17, 15) is 0 Å². The standard InChI is InChI=1S/C8H12N2/c1-3-7(9-5-1)8-4-2-6-10-8/h1-2,5-10H,3-4H2. The Labute approximate surface area is 61.0 Å². The molecule has 2 heteroatoms. The Balaban J connectivity index is 1.89. The fraction of sp³-hybridized carbons (Fsp3) is 0.500. The van der Waals surface area contributed by atoms with Crippen LogP contribution in [0.5, 0.6) is 0 Å². The van der Waals surface area contributed by atoms with E-state index in [4.69, 9.17) is 0 Å². The van der Waals surface area contributed by atoms with Crippen molar-refractivity contribution in [2.75, 3.05) is 0 Å². The van der Waals surface area contributed by atoms with Gasteiger partial charge in [-0.2, -0.15) is 0 Å². The second-order valence-corrected chi connectivity index (χ2v) is 2.82. The summed E-state index contributed by atoms with van der Waals surface area (Å²) < 4.78 is 0. The minimum atomic E-state index is 0.620. The molecule has 0 amide bonds. The summed E-state index contributed by atoms with van der Waals surface area (Å²) >= 11 is 0. The van der Waals surface area contributed by atoms with Crippen molar-refractivity contribution >= 4 is 0 Å². The predicted molar refractivity (Wildman–Crippen MR) is 41.4 cm³/mol. The summed E-state index contributed by atoms with van der Waals surface area (Å²) in [4.78, 5) is 0. The average molecular weight is 136 g/mol. The zero-order chi connectivity index (χ0) is 6.81. The molecule has 0 bridgehead atoms. The van der Waals surface area contributed by atoms with Crippen LogP contribution < -0.4 is 10.6 Å². The number of rotatable bonds is 1. The first-order chi connectivity index (χ1) is 4.97. The van der Waals surface area contributed by atoms with Gasteiger partial charge in [0.15, 0.2) is 0 Å². The van der Waals surface area contributed by atoms with Crippen LogP contribution >= 0.6 is 0 Å². The molecule has 0 saturated carbocycles. The molecule has 2 rings (SSSR count). The molecule has 0 aliphatic carbocycles. The second-order valence-electron chi connectivity index (χ2n) is 2.82. The fourth-order valence-electron chi connectivity index (χ4n) is 1.51. The van der Waals surface area contributed by atoms with Crippen molar-refractivity contribution in [1.29, 1.82) is 0 Å². The largest absolute Gasteiger partial charge is 0.386 e. The summed E-state index contributed by atoms with van der Waals surface area (Å²) in [5.74, 6) is 0. The summed E-state index contributed by atoms with van der Waals surface area (Å²) in [6, 6.07) is 1.24. The molecule has 10 heavy (non-hydrogen) atoms. The van der Waals surface area contributed by atoms with Gasteiger partial charge in [0, 0.05) is 12.1 Å². The van der Waals surface area contributed by atoms with E-state index in [1.54, 1.807) is 0 Å². The lowest BCUT2D eigenvalue weighted by Gasteiger charge is -2.19. The first-order valence-electron chi connectivity index (χ1n) is 3.79. The zero-order valence-corrected chi connectivity index (χ0v) is 5.88. The number of hydrogen-bond acceptors (Lipinski definition) is 2. The molecule has 2 aliphatic heterocycles. The van der Waals surface area contributed by atoms with Crippen molar-refractivity contribution in [3.8, 4) is 0 Å². The molecule has 0 saturated heterocycles. The molecular weight excluding hydrogens is 124 g/mol. The number of hydrogen-bond donors (Lipinski definition) is 2. The van der Waals surface area contributed by atoms with Crippen molar-refractivity contribution in [3.63, 3.8) is 0 Å². The Morgan fingerprint density at radius 3 is 1.70 bits per heavy atom. The molecule has 0 aromatic heterocycles. The molecule has 2 atom stereocenters. The highest BCUT2D eigenvalue weighted by Crippen LogP contribution is 2.12. The molecule has 2 nitrogen and oxygen atoms in total. The highest BCUT2D eigenvalue weighted by atomic mass is 15.0. The minimum Gasteiger partial charge on any atom is -0.386 e. The predicted octanol–water partition coefficient (Wildman–Crippen LogP) is 0.738. The van der Waals surface area contributed by atoms with Gasteiger partial charge in [0.25, 0.3) is 0 Å². The summed E-state index contributed by atoms with van der Waals surface area (Å²) in [5.41, 5.74) is 0. The third kappa shape index (κ3) is 0.897. The van der Waals surface area contributed by atoms with Crippen LogP contribution in [0.2, 0.25) is 0 Å². The molecule has 0 spiro atoms. The summed E-state index contributed by atoms with van der Waals surface area (Å²) in [5, 5.41) is 6.63. The van der Waals surface area contributed by atoms with E-state index < -0.39 is 0 Å². The van der Waals surface area contributed by atoms with E-state index in [1.165, 1.54) is 12.8 Å². The van der Waals surface area contributed by atoms with Gasteiger partial charge in [-0.3, -0.25) is 0 Å². The average Bonchev–Trinajstić information content (AvgIpc) is 2.59. The quantitative estimate of drug-likeness (QED) is 0.555. The van der Waals surface area contributed by atoms with Crippen LogP contribution in [0.15, 0.2) is 24.6 Å². The smallest absolute Gasteiger partial charge is 0.0495 e. The maximum Gasteiger partial charge on any atom is 0.0495 e. The zero-order valence-electron chi connectivity index (χ0n) is 5.88. The molecular formula is C8H12N2. The summed E-state index contributed by atoms with van der Waals surface area (Å²) in [6.45, 7) is 0. The highest BCUT2D eigenvalue weighted by molar-refractivity contribution is 5.06. The van der Waals surface area contributed by atoms with Gasteiger partial charge < -0.3 is 10.6 Å². The monoisotopic (exact) mass is 136 g/mol. The normalized spacial score (nSPS) is 36.0. The van der Waals surface area contributed by atoms with Crippen LogP contribution in [0, 0.1) is 0 Å². The molecule has 2 unspecified atom stereocenters. The molecule has 0 fully saturated rings. The lowest BCUT2D eigenvalue weighted by molar-refractivity contribution is 0.470. The Kier molecular flexibility index (Phi) is 1.38. The first kappa shape index (κ1) is 5.83. The van der Waals surface area contributed by atoms with E-state index in [0.29, 0.717) is 12.1 Å². The Hall–Kier alpha value is -0.920. The Morgan fingerprint density at radius 2 is 1.40 bits per heavy atom. The van der Waals surface area contributed by atoms with Crippen LogP contribution in [0.3, 0.4) is 0 Å². The van der Waals surface area contributed by atoms with Crippen LogP contribution in [0.25, 0.3) is 0 Å². The fourth-order valence-corrected chi connectivity index (χ4v) is 1.51. The van der Waals surface area contributed by atoms with Gasteiger partial charge in [-0.15, -0.1) is 0 Å². The lowest BCUT2D eigenvalue weighted by Crippen LogP contribution is -2.39. The maximum absolute atomic E-state index is 3.32. The number of nitrogens with one attached hydrogen (secondary N) is 2. The van der Waals surface area contributed by atoms with Crippen molar-refractivity contribution in [2.45, 2.75) is 24.9 Å². The van der Waals surface area contributed by atoms with Crippen LogP contribution in [0.4, 0.5) is 0 Å². The molecule has 2 N–H and O–H groups in total. The topological polar surface area (TPSA) is 24.1 Å². The highest BCUT2D eigenvalue weighted by Gasteiger charge is 2.21. The van der Waals surface area contributed by atoms with Crippen LogP contribution in [-0.2, 0) is 0 Å². The first-order valence-corrected chi connectivity index (χ1v) is 3.79. The van der Waals surface area contributed by atoms with E-state index in [-0.39, 0.29) is 0 Å². The third-order valence-corrected chi connectivity index (χ3v) is 2.12. The van der Waals surface area contributed by atoms with E-state index in [2.05, 4.69) is 22.8 Å². The van der Waals surface area contributed by atoms with Gasteiger partial charge >= 0.3 is 0 Å². The lowest BCUT2D eigenvalue weighted by atomic mass is 10.1. The van der Waals surface area contributed by atoms with Crippen molar-refractivity contribution in [1.82, 2.24) is 10.6 Å². The van der Waals surface area contributed by atoms with Crippen molar-refractivity contribution in [2.24, 2.45) is 0 Å². The van der Waals surface area contributed by atoms with Gasteiger partial charge in [-0.05, 0) is 25.2 Å². The Morgan fingerprint density at radius 1 is 0.900 bits per heavy atom. The molecule has 0 aromatic rings. The van der Waals surface area contributed by atoms with Crippen molar-refractivity contribution in [3.05, 3.63) is 24.6 Å². The van der Waals surface area contributed by atoms with Gasteiger partial charge in [0.2, 0.25) is 0 Å². The molecule has 54 valence electrons. The molecule has 2 heterocycles. The second kappa shape index (κ2) is 2.37. The third-order valence-electron chi connectivity index (χ3n) is 2.12. The Bertz CT molecular complexity index is 136. The minimum absolute atomic E-state index is 0.620. The SMILES string of the molecule is C1=CNC(C2CC=CN2)C1. The maximum atomic E-state index is 3.32. The molecule has 0 aromatic carbocycles. The van der Waals surface area contributed by atoms with Crippen LogP contribution in [0.1, 0.15) is 12.8 Å².